The number of hydrogen-bond donors (Lipinski definition) is 1. The maximum absolute atomic E-state index is 12.7. The summed E-state index contributed by atoms with van der Waals surface area (Å²) in [7, 11) is 0. The Labute approximate surface area is 176 Å². The number of carbonyl (C=O) groups excluding carboxylic acids is 1. The van der Waals surface area contributed by atoms with Gasteiger partial charge in [0.15, 0.2) is 0 Å². The zero-order valence-corrected chi connectivity index (χ0v) is 16.9. The third-order valence-electron chi connectivity index (χ3n) is 4.44. The van der Waals surface area contributed by atoms with E-state index in [1.54, 1.807) is 25.1 Å². The normalized spacial score (nSPS) is 11.6. The summed E-state index contributed by atoms with van der Waals surface area (Å²) >= 11 is 0. The van der Waals surface area contributed by atoms with E-state index in [1.165, 1.54) is 35.9 Å². The predicted molar refractivity (Wildman–Crippen MR) is 111 cm³/mol. The van der Waals surface area contributed by atoms with Crippen LogP contribution in [0.1, 0.15) is 24.2 Å². The van der Waals surface area contributed by atoms with Crippen molar-refractivity contribution in [2.45, 2.75) is 26.8 Å². The average molecular weight is 425 g/mol. The van der Waals surface area contributed by atoms with Crippen LogP contribution in [-0.2, 0) is 4.79 Å². The Morgan fingerprint density at radius 1 is 1.06 bits per heavy atom. The van der Waals surface area contributed by atoms with Gasteiger partial charge in [-0.2, -0.15) is 4.68 Å². The van der Waals surface area contributed by atoms with E-state index < -0.39 is 21.8 Å². The van der Waals surface area contributed by atoms with Crippen molar-refractivity contribution in [1.82, 2.24) is 9.78 Å². The van der Waals surface area contributed by atoms with Crippen LogP contribution in [-0.4, -0.2) is 25.5 Å². The summed E-state index contributed by atoms with van der Waals surface area (Å²) < 4.78 is 6.94. The summed E-state index contributed by atoms with van der Waals surface area (Å²) in [6.45, 7) is 4.99. The van der Waals surface area contributed by atoms with Crippen molar-refractivity contribution < 1.29 is 19.4 Å². The number of aromatic nitrogens is 2. The second-order valence-electron chi connectivity index (χ2n) is 6.90. The number of benzene rings is 2. The van der Waals surface area contributed by atoms with Crippen LogP contribution < -0.4 is 10.1 Å². The SMILES string of the molecule is Cc1cccc(Oc2cc(NC(=O)C(C)n3nc([N+](=O)[O-])cc3C)cc([N+](=O)[O-])c2)c1. The van der Waals surface area contributed by atoms with Crippen LogP contribution >= 0.6 is 0 Å². The molecular formula is C20H19N5O6. The molecule has 0 aliphatic rings. The Bertz CT molecular complexity index is 1170. The second-order valence-corrected chi connectivity index (χ2v) is 6.90. The third kappa shape index (κ3) is 5.01. The van der Waals surface area contributed by atoms with E-state index in [4.69, 9.17) is 4.74 Å². The van der Waals surface area contributed by atoms with Crippen LogP contribution in [0.15, 0.2) is 48.5 Å². The summed E-state index contributed by atoms with van der Waals surface area (Å²) in [5.41, 5.74) is 1.26. The van der Waals surface area contributed by atoms with Crippen molar-refractivity contribution in [2.24, 2.45) is 0 Å². The first-order chi connectivity index (χ1) is 14.6. The minimum Gasteiger partial charge on any atom is -0.457 e. The first-order valence-electron chi connectivity index (χ1n) is 9.19. The number of hydrogen-bond acceptors (Lipinski definition) is 7. The van der Waals surface area contributed by atoms with Gasteiger partial charge in [0.25, 0.3) is 11.6 Å². The van der Waals surface area contributed by atoms with Gasteiger partial charge in [0.1, 0.15) is 17.5 Å². The molecule has 0 aliphatic carbocycles. The molecule has 3 rings (SSSR count). The Morgan fingerprint density at radius 2 is 1.81 bits per heavy atom. The number of rotatable bonds is 7. The van der Waals surface area contributed by atoms with Crippen LogP contribution in [0.25, 0.3) is 0 Å². The number of aryl methyl sites for hydroxylation is 2. The molecule has 0 radical (unpaired) electrons. The molecule has 11 heteroatoms. The summed E-state index contributed by atoms with van der Waals surface area (Å²) in [5, 5.41) is 28.6. The molecule has 1 N–H and O–H groups in total. The maximum Gasteiger partial charge on any atom is 0.390 e. The van der Waals surface area contributed by atoms with E-state index in [1.807, 2.05) is 13.0 Å². The van der Waals surface area contributed by atoms with Gasteiger partial charge in [-0.25, -0.2) is 0 Å². The van der Waals surface area contributed by atoms with Gasteiger partial charge < -0.3 is 20.2 Å². The number of amides is 1. The molecule has 1 unspecified atom stereocenters. The highest BCUT2D eigenvalue weighted by atomic mass is 16.6. The van der Waals surface area contributed by atoms with E-state index in [9.17, 15) is 25.0 Å². The molecule has 0 spiro atoms. The van der Waals surface area contributed by atoms with Crippen molar-refractivity contribution in [1.29, 1.82) is 0 Å². The van der Waals surface area contributed by atoms with Crippen molar-refractivity contribution in [3.8, 4) is 11.5 Å². The predicted octanol–water partition coefficient (Wildman–Crippen LogP) is 4.31. The molecule has 1 heterocycles. The average Bonchev–Trinajstić information content (AvgIpc) is 3.09. The van der Waals surface area contributed by atoms with Gasteiger partial charge in [-0.05, 0) is 43.4 Å². The number of carbonyl (C=O) groups is 1. The number of nitrogens with zero attached hydrogens (tertiary/aromatic N) is 4. The molecule has 0 saturated carbocycles. The quantitative estimate of drug-likeness (QED) is 0.439. The Morgan fingerprint density at radius 3 is 2.42 bits per heavy atom. The van der Waals surface area contributed by atoms with Crippen LogP contribution in [0.5, 0.6) is 11.5 Å². The standard InChI is InChI=1S/C20H19N5O6/c1-12-5-4-6-17(7-12)31-18-10-15(9-16(11-18)24(27)28)21-20(26)14(3)23-13(2)8-19(22-23)25(29)30/h4-11,14H,1-3H3,(H,21,26). The topological polar surface area (TPSA) is 142 Å². The molecule has 0 aliphatic heterocycles. The van der Waals surface area contributed by atoms with Crippen LogP contribution in [0.2, 0.25) is 0 Å². The third-order valence-corrected chi connectivity index (χ3v) is 4.44. The van der Waals surface area contributed by atoms with Gasteiger partial charge in [-0.15, -0.1) is 0 Å². The first-order valence-corrected chi connectivity index (χ1v) is 9.19. The van der Waals surface area contributed by atoms with Crippen LogP contribution in [0.4, 0.5) is 17.2 Å². The molecule has 31 heavy (non-hydrogen) atoms. The molecule has 1 atom stereocenters. The van der Waals surface area contributed by atoms with Gasteiger partial charge >= 0.3 is 5.82 Å². The molecule has 0 saturated heterocycles. The first kappa shape index (κ1) is 21.4. The molecule has 2 aromatic carbocycles. The molecule has 0 bridgehead atoms. The number of anilines is 1. The van der Waals surface area contributed by atoms with E-state index >= 15 is 0 Å². The zero-order valence-electron chi connectivity index (χ0n) is 16.9. The van der Waals surface area contributed by atoms with Gasteiger partial charge in [0.2, 0.25) is 0 Å². The Hall–Kier alpha value is -4.28. The number of nitrogens with one attached hydrogen (secondary N) is 1. The van der Waals surface area contributed by atoms with Gasteiger partial charge in [-0.3, -0.25) is 14.9 Å². The van der Waals surface area contributed by atoms with Crippen molar-refractivity contribution in [2.75, 3.05) is 5.32 Å². The lowest BCUT2D eigenvalue weighted by Crippen LogP contribution is -2.25. The lowest BCUT2D eigenvalue weighted by molar-refractivity contribution is -0.389. The highest BCUT2D eigenvalue weighted by Gasteiger charge is 2.25. The molecule has 160 valence electrons. The van der Waals surface area contributed by atoms with Crippen molar-refractivity contribution in [3.63, 3.8) is 0 Å². The summed E-state index contributed by atoms with van der Waals surface area (Å²) in [6, 6.07) is 11.4. The largest absolute Gasteiger partial charge is 0.457 e. The Kier molecular flexibility index (Phi) is 5.95. The highest BCUT2D eigenvalue weighted by Crippen LogP contribution is 2.30. The number of nitro benzene ring substituents is 1. The fourth-order valence-electron chi connectivity index (χ4n) is 2.94. The smallest absolute Gasteiger partial charge is 0.390 e. The summed E-state index contributed by atoms with van der Waals surface area (Å²) in [4.78, 5) is 33.7. The lowest BCUT2D eigenvalue weighted by Gasteiger charge is -2.13. The van der Waals surface area contributed by atoms with Crippen LogP contribution in [0.3, 0.4) is 0 Å². The molecule has 3 aromatic rings. The molecule has 11 nitrogen and oxygen atoms in total. The number of nitro groups is 2. The highest BCUT2D eigenvalue weighted by molar-refractivity contribution is 5.94. The zero-order chi connectivity index (χ0) is 22.7. The number of ether oxygens (including phenoxy) is 1. The van der Waals surface area contributed by atoms with Crippen molar-refractivity contribution in [3.05, 3.63) is 80.0 Å². The summed E-state index contributed by atoms with van der Waals surface area (Å²) in [5.74, 6) is -0.260. The van der Waals surface area contributed by atoms with Gasteiger partial charge in [-0.1, -0.05) is 12.1 Å². The molecule has 1 aromatic heterocycles. The fraction of sp³-hybridized carbons (Fsp3) is 0.200. The summed E-state index contributed by atoms with van der Waals surface area (Å²) in [6.07, 6.45) is 0. The van der Waals surface area contributed by atoms with E-state index in [0.29, 0.717) is 11.4 Å². The maximum atomic E-state index is 12.7. The van der Waals surface area contributed by atoms with Gasteiger partial charge in [0, 0.05) is 12.1 Å². The molecular weight excluding hydrogens is 406 g/mol. The lowest BCUT2D eigenvalue weighted by atomic mass is 10.2. The second kappa shape index (κ2) is 8.61. The number of non-ortho nitro benzene ring substituents is 1. The molecule has 1 amide bonds. The van der Waals surface area contributed by atoms with Crippen LogP contribution in [0, 0.1) is 34.1 Å². The van der Waals surface area contributed by atoms with Gasteiger partial charge in [0.05, 0.1) is 33.5 Å². The minimum absolute atomic E-state index is 0.146. The van der Waals surface area contributed by atoms with E-state index in [0.717, 1.165) is 5.56 Å². The van der Waals surface area contributed by atoms with E-state index in [-0.39, 0.29) is 22.9 Å². The minimum atomic E-state index is -0.894. The van der Waals surface area contributed by atoms with Crippen molar-refractivity contribution >= 4 is 23.1 Å². The monoisotopic (exact) mass is 425 g/mol. The van der Waals surface area contributed by atoms with E-state index in [2.05, 4.69) is 10.4 Å². The Balaban J connectivity index is 1.86. The molecule has 0 fully saturated rings. The fourth-order valence-corrected chi connectivity index (χ4v) is 2.94.